The SMILES string of the molecule is Cc1ccccc1O[C@H](C)C(=O)NCCCc1ccc(OC(C)C)cc1. The molecule has 0 bridgehead atoms. The molecule has 0 aromatic heterocycles. The summed E-state index contributed by atoms with van der Waals surface area (Å²) in [5.74, 6) is 1.55. The molecule has 0 saturated carbocycles. The number of aryl methyl sites for hydroxylation is 2. The van der Waals surface area contributed by atoms with Gasteiger partial charge in [0.05, 0.1) is 6.10 Å². The summed E-state index contributed by atoms with van der Waals surface area (Å²) in [5.41, 5.74) is 2.26. The minimum absolute atomic E-state index is 0.0889. The van der Waals surface area contributed by atoms with Crippen molar-refractivity contribution in [2.45, 2.75) is 52.7 Å². The molecule has 1 atom stereocenters. The second-order valence-corrected chi connectivity index (χ2v) is 6.73. The first-order valence-corrected chi connectivity index (χ1v) is 9.21. The third kappa shape index (κ3) is 6.43. The molecule has 2 rings (SSSR count). The predicted octanol–water partition coefficient (Wildman–Crippen LogP) is 4.30. The van der Waals surface area contributed by atoms with E-state index in [1.54, 1.807) is 6.92 Å². The highest BCUT2D eigenvalue weighted by Crippen LogP contribution is 2.18. The summed E-state index contributed by atoms with van der Waals surface area (Å²) in [7, 11) is 0. The van der Waals surface area contributed by atoms with Crippen LogP contribution < -0.4 is 14.8 Å². The van der Waals surface area contributed by atoms with Gasteiger partial charge in [0.25, 0.3) is 5.91 Å². The second-order valence-electron chi connectivity index (χ2n) is 6.73. The molecule has 2 aromatic rings. The fourth-order valence-electron chi connectivity index (χ4n) is 2.59. The summed E-state index contributed by atoms with van der Waals surface area (Å²) < 4.78 is 11.4. The number of ether oxygens (including phenoxy) is 2. The van der Waals surface area contributed by atoms with Crippen molar-refractivity contribution >= 4 is 5.91 Å². The molecule has 0 fully saturated rings. The topological polar surface area (TPSA) is 47.6 Å². The highest BCUT2D eigenvalue weighted by atomic mass is 16.5. The van der Waals surface area contributed by atoms with Crippen LogP contribution in [0.15, 0.2) is 48.5 Å². The molecule has 0 unspecified atom stereocenters. The van der Waals surface area contributed by atoms with Crippen molar-refractivity contribution in [3.63, 3.8) is 0 Å². The van der Waals surface area contributed by atoms with Crippen LogP contribution in [-0.2, 0) is 11.2 Å². The van der Waals surface area contributed by atoms with Crippen LogP contribution in [-0.4, -0.2) is 24.7 Å². The minimum atomic E-state index is -0.511. The molecule has 26 heavy (non-hydrogen) atoms. The van der Waals surface area contributed by atoms with Gasteiger partial charge in [-0.25, -0.2) is 0 Å². The molecule has 140 valence electrons. The average Bonchev–Trinajstić information content (AvgIpc) is 2.61. The molecule has 0 aliphatic heterocycles. The van der Waals surface area contributed by atoms with E-state index in [2.05, 4.69) is 17.4 Å². The third-order valence-corrected chi connectivity index (χ3v) is 4.00. The quantitative estimate of drug-likeness (QED) is 0.682. The molecule has 0 spiro atoms. The average molecular weight is 355 g/mol. The lowest BCUT2D eigenvalue weighted by atomic mass is 10.1. The van der Waals surface area contributed by atoms with Gasteiger partial charge in [0.2, 0.25) is 0 Å². The predicted molar refractivity (Wildman–Crippen MR) is 105 cm³/mol. The third-order valence-electron chi connectivity index (χ3n) is 4.00. The molecule has 0 radical (unpaired) electrons. The van der Waals surface area contributed by atoms with Crippen LogP contribution in [0.5, 0.6) is 11.5 Å². The summed E-state index contributed by atoms with van der Waals surface area (Å²) in [5, 5.41) is 2.94. The van der Waals surface area contributed by atoms with Crippen LogP contribution in [0, 0.1) is 6.92 Å². The smallest absolute Gasteiger partial charge is 0.260 e. The van der Waals surface area contributed by atoms with Gasteiger partial charge in [-0.3, -0.25) is 4.79 Å². The van der Waals surface area contributed by atoms with Gasteiger partial charge in [-0.2, -0.15) is 0 Å². The van der Waals surface area contributed by atoms with Gasteiger partial charge in [-0.15, -0.1) is 0 Å². The van der Waals surface area contributed by atoms with Crippen molar-refractivity contribution in [2.75, 3.05) is 6.54 Å². The van der Waals surface area contributed by atoms with E-state index < -0.39 is 6.10 Å². The Kier molecular flexibility index (Phi) is 7.52. The lowest BCUT2D eigenvalue weighted by Crippen LogP contribution is -2.37. The summed E-state index contributed by atoms with van der Waals surface area (Å²) >= 11 is 0. The van der Waals surface area contributed by atoms with Gasteiger partial charge >= 0.3 is 0 Å². The molecule has 0 saturated heterocycles. The number of carbonyl (C=O) groups is 1. The molecular weight excluding hydrogens is 326 g/mol. The van der Waals surface area contributed by atoms with E-state index in [1.165, 1.54) is 5.56 Å². The van der Waals surface area contributed by atoms with E-state index in [0.29, 0.717) is 6.54 Å². The maximum absolute atomic E-state index is 12.2. The lowest BCUT2D eigenvalue weighted by molar-refractivity contribution is -0.127. The number of hydrogen-bond donors (Lipinski definition) is 1. The molecule has 1 amide bonds. The Bertz CT molecular complexity index is 695. The van der Waals surface area contributed by atoms with Crippen LogP contribution in [0.1, 0.15) is 38.3 Å². The van der Waals surface area contributed by atoms with Crippen LogP contribution >= 0.6 is 0 Å². The van der Waals surface area contributed by atoms with Gasteiger partial charge in [0, 0.05) is 6.54 Å². The molecule has 0 aliphatic rings. The number of rotatable bonds is 9. The zero-order valence-corrected chi connectivity index (χ0v) is 16.1. The largest absolute Gasteiger partial charge is 0.491 e. The Morgan fingerprint density at radius 2 is 1.69 bits per heavy atom. The summed E-state index contributed by atoms with van der Waals surface area (Å²) in [6.07, 6.45) is 1.46. The minimum Gasteiger partial charge on any atom is -0.491 e. The van der Waals surface area contributed by atoms with E-state index in [4.69, 9.17) is 9.47 Å². The molecule has 4 heteroatoms. The number of para-hydroxylation sites is 1. The Labute approximate surface area is 156 Å². The summed E-state index contributed by atoms with van der Waals surface area (Å²) in [6.45, 7) is 8.40. The molecule has 0 aliphatic carbocycles. The van der Waals surface area contributed by atoms with Crippen molar-refractivity contribution in [2.24, 2.45) is 0 Å². The number of amides is 1. The first-order chi connectivity index (χ1) is 12.5. The summed E-state index contributed by atoms with van der Waals surface area (Å²) in [4.78, 5) is 12.2. The van der Waals surface area contributed by atoms with Gasteiger partial charge in [0.15, 0.2) is 6.10 Å². The van der Waals surface area contributed by atoms with E-state index in [-0.39, 0.29) is 12.0 Å². The van der Waals surface area contributed by atoms with Crippen LogP contribution in [0.2, 0.25) is 0 Å². The Morgan fingerprint density at radius 1 is 1.00 bits per heavy atom. The Balaban J connectivity index is 1.70. The van der Waals surface area contributed by atoms with Gasteiger partial charge in [-0.1, -0.05) is 30.3 Å². The van der Waals surface area contributed by atoms with Gasteiger partial charge in [-0.05, 0) is 69.9 Å². The monoisotopic (exact) mass is 355 g/mol. The number of benzene rings is 2. The van der Waals surface area contributed by atoms with E-state index >= 15 is 0 Å². The number of carbonyl (C=O) groups excluding carboxylic acids is 1. The molecule has 1 N–H and O–H groups in total. The van der Waals surface area contributed by atoms with Crippen LogP contribution in [0.4, 0.5) is 0 Å². The van der Waals surface area contributed by atoms with Crippen molar-refractivity contribution in [1.29, 1.82) is 0 Å². The molecule has 2 aromatic carbocycles. The maximum Gasteiger partial charge on any atom is 0.260 e. The highest BCUT2D eigenvalue weighted by Gasteiger charge is 2.14. The summed E-state index contributed by atoms with van der Waals surface area (Å²) in [6, 6.07) is 15.8. The van der Waals surface area contributed by atoms with Gasteiger partial charge in [0.1, 0.15) is 11.5 Å². The molecular formula is C22H29NO3. The molecule has 0 heterocycles. The van der Waals surface area contributed by atoms with Crippen LogP contribution in [0.25, 0.3) is 0 Å². The fourth-order valence-corrected chi connectivity index (χ4v) is 2.59. The maximum atomic E-state index is 12.2. The normalized spacial score (nSPS) is 11.9. The van der Waals surface area contributed by atoms with Gasteiger partial charge < -0.3 is 14.8 Å². The van der Waals surface area contributed by atoms with E-state index in [0.717, 1.165) is 29.9 Å². The van der Waals surface area contributed by atoms with E-state index in [1.807, 2.05) is 57.2 Å². The number of hydrogen-bond acceptors (Lipinski definition) is 3. The van der Waals surface area contributed by atoms with Crippen molar-refractivity contribution in [3.8, 4) is 11.5 Å². The van der Waals surface area contributed by atoms with Crippen molar-refractivity contribution < 1.29 is 14.3 Å². The standard InChI is InChI=1S/C22H29NO3/c1-16(2)25-20-13-11-19(12-14-20)9-7-15-23-22(24)18(4)26-21-10-6-5-8-17(21)3/h5-6,8,10-14,16,18H,7,9,15H2,1-4H3,(H,23,24)/t18-/m1/s1. The lowest BCUT2D eigenvalue weighted by Gasteiger charge is -2.16. The zero-order chi connectivity index (χ0) is 18.9. The van der Waals surface area contributed by atoms with Crippen molar-refractivity contribution in [3.05, 3.63) is 59.7 Å². The highest BCUT2D eigenvalue weighted by molar-refractivity contribution is 5.80. The zero-order valence-electron chi connectivity index (χ0n) is 16.1. The van der Waals surface area contributed by atoms with E-state index in [9.17, 15) is 4.79 Å². The Morgan fingerprint density at radius 3 is 2.35 bits per heavy atom. The first kappa shape index (κ1) is 19.8. The second kappa shape index (κ2) is 9.85. The van der Waals surface area contributed by atoms with Crippen molar-refractivity contribution in [1.82, 2.24) is 5.32 Å². The first-order valence-electron chi connectivity index (χ1n) is 9.21. The Hall–Kier alpha value is -2.49. The fraction of sp³-hybridized carbons (Fsp3) is 0.409. The molecule has 4 nitrogen and oxygen atoms in total. The number of nitrogens with one attached hydrogen (secondary N) is 1. The van der Waals surface area contributed by atoms with Crippen LogP contribution in [0.3, 0.4) is 0 Å².